The fraction of sp³-hybridized carbons (Fsp3) is 0.143. The van der Waals surface area contributed by atoms with Gasteiger partial charge in [-0.05, 0) is 35.6 Å². The van der Waals surface area contributed by atoms with Gasteiger partial charge in [-0.1, -0.05) is 17.7 Å². The summed E-state index contributed by atoms with van der Waals surface area (Å²) in [6, 6.07) is 5.44. The minimum absolute atomic E-state index is 0.404. The first-order valence-corrected chi connectivity index (χ1v) is 7.30. The van der Waals surface area contributed by atoms with E-state index in [0.29, 0.717) is 23.2 Å². The highest BCUT2D eigenvalue weighted by atomic mass is 35.5. The van der Waals surface area contributed by atoms with Crippen molar-refractivity contribution in [3.63, 3.8) is 0 Å². The Bertz CT molecular complexity index is 772. The molecule has 6 heteroatoms. The van der Waals surface area contributed by atoms with Crippen molar-refractivity contribution < 1.29 is 4.74 Å². The topological polar surface area (TPSA) is 61.0 Å². The maximum atomic E-state index is 6.13. The van der Waals surface area contributed by atoms with Gasteiger partial charge in [0.25, 0.3) is 0 Å². The van der Waals surface area contributed by atoms with Crippen LogP contribution in [0.5, 0.6) is 11.6 Å². The summed E-state index contributed by atoms with van der Waals surface area (Å²) >= 11 is 7.70. The van der Waals surface area contributed by atoms with Crippen LogP contribution in [0, 0.1) is 6.92 Å². The predicted molar refractivity (Wildman–Crippen MR) is 81.6 cm³/mol. The van der Waals surface area contributed by atoms with Gasteiger partial charge in [-0.3, -0.25) is 0 Å². The van der Waals surface area contributed by atoms with Crippen molar-refractivity contribution in [2.45, 2.75) is 13.5 Å². The van der Waals surface area contributed by atoms with Gasteiger partial charge >= 0.3 is 0 Å². The highest BCUT2D eigenvalue weighted by Crippen LogP contribution is 2.33. The van der Waals surface area contributed by atoms with Crippen molar-refractivity contribution in [1.82, 2.24) is 9.97 Å². The van der Waals surface area contributed by atoms with Crippen LogP contribution in [-0.2, 0) is 6.54 Å². The largest absolute Gasteiger partial charge is 0.437 e. The Morgan fingerprint density at radius 2 is 2.20 bits per heavy atom. The SMILES string of the molecule is Cc1csc2c(Oc3ccc(CN)c(Cl)c3)ncnc12. The number of ether oxygens (including phenoxy) is 1. The molecule has 3 aromatic rings. The molecule has 2 heterocycles. The third kappa shape index (κ3) is 2.35. The Balaban J connectivity index is 1.99. The van der Waals surface area contributed by atoms with Crippen LogP contribution in [0.15, 0.2) is 29.9 Å². The molecular weight excluding hydrogens is 294 g/mol. The molecule has 0 amide bonds. The summed E-state index contributed by atoms with van der Waals surface area (Å²) in [5.74, 6) is 1.18. The van der Waals surface area contributed by atoms with Gasteiger partial charge in [0, 0.05) is 11.6 Å². The lowest BCUT2D eigenvalue weighted by Gasteiger charge is -2.07. The van der Waals surface area contributed by atoms with Crippen LogP contribution >= 0.6 is 22.9 Å². The van der Waals surface area contributed by atoms with Gasteiger partial charge in [-0.2, -0.15) is 0 Å². The van der Waals surface area contributed by atoms with Crippen molar-refractivity contribution in [2.75, 3.05) is 0 Å². The van der Waals surface area contributed by atoms with Crippen LogP contribution in [-0.4, -0.2) is 9.97 Å². The quantitative estimate of drug-likeness (QED) is 0.797. The van der Waals surface area contributed by atoms with E-state index in [0.717, 1.165) is 21.3 Å². The van der Waals surface area contributed by atoms with Crippen LogP contribution in [0.25, 0.3) is 10.2 Å². The average Bonchev–Trinajstić information content (AvgIpc) is 2.82. The minimum Gasteiger partial charge on any atom is -0.437 e. The number of nitrogens with zero attached hydrogens (tertiary/aromatic N) is 2. The van der Waals surface area contributed by atoms with E-state index in [1.54, 1.807) is 17.4 Å². The smallest absolute Gasteiger partial charge is 0.240 e. The van der Waals surface area contributed by atoms with Crippen molar-refractivity contribution in [3.8, 4) is 11.6 Å². The predicted octanol–water partition coefficient (Wildman–Crippen LogP) is 3.90. The number of benzene rings is 1. The molecular formula is C14H12ClN3OS. The lowest BCUT2D eigenvalue weighted by atomic mass is 10.2. The molecule has 2 N–H and O–H groups in total. The number of aryl methyl sites for hydroxylation is 1. The van der Waals surface area contributed by atoms with Crippen molar-refractivity contribution in [2.24, 2.45) is 5.73 Å². The Morgan fingerprint density at radius 1 is 1.35 bits per heavy atom. The first kappa shape index (κ1) is 13.3. The normalized spacial score (nSPS) is 10.9. The van der Waals surface area contributed by atoms with Crippen molar-refractivity contribution in [1.29, 1.82) is 0 Å². The summed E-state index contributed by atoms with van der Waals surface area (Å²) in [5.41, 5.74) is 8.51. The molecule has 0 atom stereocenters. The highest BCUT2D eigenvalue weighted by molar-refractivity contribution is 7.17. The molecule has 0 unspecified atom stereocenters. The second-order valence-electron chi connectivity index (χ2n) is 4.33. The number of hydrogen-bond acceptors (Lipinski definition) is 5. The molecule has 0 saturated heterocycles. The van der Waals surface area contributed by atoms with Crippen LogP contribution in [0.2, 0.25) is 5.02 Å². The van der Waals surface area contributed by atoms with Gasteiger partial charge < -0.3 is 10.5 Å². The number of halogens is 1. The Morgan fingerprint density at radius 3 is 2.95 bits per heavy atom. The first-order chi connectivity index (χ1) is 9.69. The number of aromatic nitrogens is 2. The molecule has 0 radical (unpaired) electrons. The van der Waals surface area contributed by atoms with Crippen LogP contribution in [0.4, 0.5) is 0 Å². The zero-order valence-corrected chi connectivity index (χ0v) is 12.3. The summed E-state index contributed by atoms with van der Waals surface area (Å²) in [6.07, 6.45) is 1.51. The lowest BCUT2D eigenvalue weighted by Crippen LogP contribution is -1.97. The van der Waals surface area contributed by atoms with Crippen molar-refractivity contribution >= 4 is 33.2 Å². The molecule has 0 aliphatic carbocycles. The first-order valence-electron chi connectivity index (χ1n) is 6.04. The number of fused-ring (bicyclic) bond motifs is 1. The van der Waals surface area contributed by atoms with Gasteiger partial charge in [0.05, 0.1) is 5.52 Å². The lowest BCUT2D eigenvalue weighted by molar-refractivity contribution is 0.469. The second-order valence-corrected chi connectivity index (χ2v) is 5.62. The summed E-state index contributed by atoms with van der Waals surface area (Å²) in [4.78, 5) is 8.46. The van der Waals surface area contributed by atoms with Gasteiger partial charge in [0.1, 0.15) is 16.8 Å². The Hall–Kier alpha value is -1.69. The third-order valence-corrected chi connectivity index (χ3v) is 4.38. The molecule has 0 spiro atoms. The van der Waals surface area contributed by atoms with E-state index >= 15 is 0 Å². The minimum atomic E-state index is 0.404. The maximum absolute atomic E-state index is 6.13. The standard InChI is InChI=1S/C14H12ClN3OS/c1-8-6-20-13-12(8)17-7-18-14(13)19-10-3-2-9(5-16)11(15)4-10/h2-4,6-7H,5,16H2,1H3. The summed E-state index contributed by atoms with van der Waals surface area (Å²) < 4.78 is 6.75. The van der Waals surface area contributed by atoms with Crippen molar-refractivity contribution in [3.05, 3.63) is 46.1 Å². The van der Waals surface area contributed by atoms with E-state index in [-0.39, 0.29) is 0 Å². The molecule has 0 saturated carbocycles. The second kappa shape index (κ2) is 5.36. The van der Waals surface area contributed by atoms with Gasteiger partial charge in [0.15, 0.2) is 0 Å². The molecule has 0 fully saturated rings. The van der Waals surface area contributed by atoms with E-state index < -0.39 is 0 Å². The van der Waals surface area contributed by atoms with Gasteiger partial charge in [0.2, 0.25) is 5.88 Å². The van der Waals surface area contributed by atoms with Crippen LogP contribution in [0.1, 0.15) is 11.1 Å². The van der Waals surface area contributed by atoms with E-state index in [2.05, 4.69) is 9.97 Å². The molecule has 0 bridgehead atoms. The number of thiophene rings is 1. The maximum Gasteiger partial charge on any atom is 0.240 e. The van der Waals surface area contributed by atoms with Gasteiger partial charge in [-0.25, -0.2) is 9.97 Å². The molecule has 4 nitrogen and oxygen atoms in total. The fourth-order valence-corrected chi connectivity index (χ4v) is 3.06. The van der Waals surface area contributed by atoms with Crippen LogP contribution < -0.4 is 10.5 Å². The molecule has 3 rings (SSSR count). The third-order valence-electron chi connectivity index (χ3n) is 2.96. The summed E-state index contributed by atoms with van der Waals surface area (Å²) in [5, 5.41) is 2.63. The summed E-state index contributed by atoms with van der Waals surface area (Å²) in [7, 11) is 0. The molecule has 2 aromatic heterocycles. The zero-order valence-electron chi connectivity index (χ0n) is 10.8. The van der Waals surface area contributed by atoms with E-state index in [4.69, 9.17) is 22.1 Å². The molecule has 20 heavy (non-hydrogen) atoms. The zero-order chi connectivity index (χ0) is 14.1. The summed E-state index contributed by atoms with van der Waals surface area (Å²) in [6.45, 7) is 2.42. The van der Waals surface area contributed by atoms with E-state index in [9.17, 15) is 0 Å². The average molecular weight is 306 g/mol. The Labute approximate surface area is 125 Å². The molecule has 0 aliphatic heterocycles. The molecule has 1 aromatic carbocycles. The number of rotatable bonds is 3. The monoisotopic (exact) mass is 305 g/mol. The van der Waals surface area contributed by atoms with Crippen LogP contribution in [0.3, 0.4) is 0 Å². The highest BCUT2D eigenvalue weighted by Gasteiger charge is 2.10. The molecule has 0 aliphatic rings. The van der Waals surface area contributed by atoms with E-state index in [1.807, 2.05) is 24.4 Å². The van der Waals surface area contributed by atoms with E-state index in [1.165, 1.54) is 6.33 Å². The molecule has 102 valence electrons. The number of nitrogens with two attached hydrogens (primary N) is 1. The number of hydrogen-bond donors (Lipinski definition) is 1. The van der Waals surface area contributed by atoms with Gasteiger partial charge in [-0.15, -0.1) is 11.3 Å². The fourth-order valence-electron chi connectivity index (χ4n) is 1.89. The Kier molecular flexibility index (Phi) is 3.56.